The van der Waals surface area contributed by atoms with Crippen molar-refractivity contribution in [2.75, 3.05) is 5.32 Å². The number of aryl methyl sites for hydroxylation is 2. The Bertz CT molecular complexity index is 1390. The lowest BCUT2D eigenvalue weighted by atomic mass is 9.90. The number of anilines is 1. The smallest absolute Gasteiger partial charge is 0.163 e. The minimum Gasteiger partial charge on any atom is -0.364 e. The van der Waals surface area contributed by atoms with Gasteiger partial charge in [-0.15, -0.1) is 0 Å². The molecule has 2 fully saturated rings. The molecule has 1 aliphatic heterocycles. The van der Waals surface area contributed by atoms with E-state index in [1.165, 1.54) is 0 Å². The fourth-order valence-electron chi connectivity index (χ4n) is 5.27. The Morgan fingerprint density at radius 3 is 2.42 bits per heavy atom. The largest absolute Gasteiger partial charge is 0.364 e. The molecule has 2 aliphatic rings. The van der Waals surface area contributed by atoms with Gasteiger partial charge in [-0.1, -0.05) is 18.2 Å². The van der Waals surface area contributed by atoms with Crippen LogP contribution in [0.3, 0.4) is 0 Å². The van der Waals surface area contributed by atoms with Crippen LogP contribution >= 0.6 is 0 Å². The first-order valence-corrected chi connectivity index (χ1v) is 12.4. The second kappa shape index (κ2) is 8.83. The van der Waals surface area contributed by atoms with Crippen molar-refractivity contribution in [3.05, 3.63) is 55.2 Å². The van der Waals surface area contributed by atoms with E-state index >= 15 is 0 Å². The van der Waals surface area contributed by atoms with Gasteiger partial charge in [-0.25, -0.2) is 9.97 Å². The van der Waals surface area contributed by atoms with Crippen molar-refractivity contribution < 1.29 is 9.47 Å². The predicted molar refractivity (Wildman–Crippen MR) is 137 cm³/mol. The maximum Gasteiger partial charge on any atom is 0.163 e. The Kier molecular flexibility index (Phi) is 5.61. The Balaban J connectivity index is 1.37. The summed E-state index contributed by atoms with van der Waals surface area (Å²) >= 11 is 0. The summed E-state index contributed by atoms with van der Waals surface area (Å²) < 4.78 is 16.1. The van der Waals surface area contributed by atoms with Crippen molar-refractivity contribution in [1.29, 1.82) is 0 Å². The highest BCUT2D eigenvalue weighted by atomic mass is 16.8. The van der Waals surface area contributed by atoms with Crippen molar-refractivity contribution in [3.63, 3.8) is 0 Å². The van der Waals surface area contributed by atoms with E-state index < -0.39 is 5.79 Å². The Hall–Kier alpha value is -3.56. The van der Waals surface area contributed by atoms with Crippen LogP contribution in [0.5, 0.6) is 0 Å². The second-order valence-electron chi connectivity index (χ2n) is 10.2. The first-order chi connectivity index (χ1) is 17.3. The molecule has 4 aromatic rings. The zero-order chi connectivity index (χ0) is 24.9. The van der Waals surface area contributed by atoms with Gasteiger partial charge in [-0.3, -0.25) is 9.36 Å². The first kappa shape index (κ1) is 22.9. The van der Waals surface area contributed by atoms with Crippen LogP contribution in [0.15, 0.2) is 55.2 Å². The molecule has 1 N–H and O–H groups in total. The standard InChI is InChI=1S/C27H31N7O2/c1-27(2)35-23-10-6-9-22(24(23)36-27)31-26-21(20-13-30-34(4)16-20)14-28-25(32-26)18-8-5-7-17(11-18)19-12-29-33(3)15-19/h5,7-8,11-16,22-24H,6,9-10H2,1-4H3,(H,28,31,32)/t22-,23-,24+/m0/s1. The van der Waals surface area contributed by atoms with Crippen molar-refractivity contribution in [3.8, 4) is 33.6 Å². The van der Waals surface area contributed by atoms with Crippen molar-refractivity contribution >= 4 is 5.82 Å². The fourth-order valence-corrected chi connectivity index (χ4v) is 5.27. The molecule has 1 aromatic carbocycles. The SMILES string of the molecule is Cn1cc(-c2cccc(-c3ncc(-c4cnn(C)c4)c(N[C@H]4CCC[C@@H]5OC(C)(C)O[C@H]45)n3)c2)cn1. The maximum atomic E-state index is 6.32. The molecule has 0 radical (unpaired) electrons. The molecule has 9 nitrogen and oxygen atoms in total. The summed E-state index contributed by atoms with van der Waals surface area (Å²) in [5.41, 5.74) is 4.95. The van der Waals surface area contributed by atoms with Gasteiger partial charge < -0.3 is 14.8 Å². The Morgan fingerprint density at radius 1 is 0.917 bits per heavy atom. The molecule has 0 bridgehead atoms. The minimum atomic E-state index is -0.574. The molecule has 6 rings (SSSR count). The molecular weight excluding hydrogens is 454 g/mol. The molecule has 1 saturated carbocycles. The predicted octanol–water partition coefficient (Wildman–Crippen LogP) is 4.43. The number of hydrogen-bond donors (Lipinski definition) is 1. The molecule has 3 aromatic heterocycles. The number of nitrogens with zero attached hydrogens (tertiary/aromatic N) is 6. The van der Waals surface area contributed by atoms with Crippen molar-refractivity contribution in [2.24, 2.45) is 14.1 Å². The van der Waals surface area contributed by atoms with E-state index in [2.05, 4.69) is 27.6 Å². The number of ether oxygens (including phenoxy) is 2. The van der Waals surface area contributed by atoms with E-state index in [0.717, 1.165) is 52.9 Å². The normalized spacial score (nSPS) is 22.9. The van der Waals surface area contributed by atoms with Gasteiger partial charge in [0.1, 0.15) is 11.9 Å². The van der Waals surface area contributed by atoms with Crippen LogP contribution in [-0.2, 0) is 23.6 Å². The van der Waals surface area contributed by atoms with Gasteiger partial charge in [0.25, 0.3) is 0 Å². The zero-order valence-corrected chi connectivity index (χ0v) is 21.0. The molecule has 36 heavy (non-hydrogen) atoms. The van der Waals surface area contributed by atoms with Crippen LogP contribution in [0.2, 0.25) is 0 Å². The van der Waals surface area contributed by atoms with Gasteiger partial charge in [-0.05, 0) is 44.7 Å². The number of aromatic nitrogens is 6. The third kappa shape index (κ3) is 4.40. The third-order valence-corrected chi connectivity index (χ3v) is 6.91. The van der Waals surface area contributed by atoms with Gasteiger partial charge >= 0.3 is 0 Å². The quantitative estimate of drug-likeness (QED) is 0.447. The van der Waals surface area contributed by atoms with Crippen LogP contribution < -0.4 is 5.32 Å². The van der Waals surface area contributed by atoms with Crippen molar-refractivity contribution in [2.45, 2.75) is 57.1 Å². The molecular formula is C27H31N7O2. The van der Waals surface area contributed by atoms with Crippen LogP contribution in [0.4, 0.5) is 5.82 Å². The average molecular weight is 486 g/mol. The van der Waals surface area contributed by atoms with Crippen LogP contribution in [0.25, 0.3) is 33.6 Å². The third-order valence-electron chi connectivity index (χ3n) is 6.91. The minimum absolute atomic E-state index is 0.0252. The number of nitrogens with one attached hydrogen (secondary N) is 1. The van der Waals surface area contributed by atoms with E-state index in [0.29, 0.717) is 5.82 Å². The summed E-state index contributed by atoms with van der Waals surface area (Å²) in [5.74, 6) is 0.862. The summed E-state index contributed by atoms with van der Waals surface area (Å²) in [6.45, 7) is 3.98. The number of hydrogen-bond acceptors (Lipinski definition) is 7. The summed E-state index contributed by atoms with van der Waals surface area (Å²) in [6.07, 6.45) is 12.7. The van der Waals surface area contributed by atoms with Crippen molar-refractivity contribution in [1.82, 2.24) is 29.5 Å². The Labute approximate surface area is 210 Å². The molecule has 9 heteroatoms. The zero-order valence-electron chi connectivity index (χ0n) is 21.0. The maximum absolute atomic E-state index is 6.32. The summed E-state index contributed by atoms with van der Waals surface area (Å²) in [4.78, 5) is 9.79. The van der Waals surface area contributed by atoms with E-state index in [1.807, 2.05) is 71.1 Å². The highest BCUT2D eigenvalue weighted by molar-refractivity contribution is 5.76. The number of rotatable bonds is 5. The molecule has 3 atom stereocenters. The summed E-state index contributed by atoms with van der Waals surface area (Å²) in [7, 11) is 3.83. The van der Waals surface area contributed by atoms with Gasteiger partial charge in [0.05, 0.1) is 24.5 Å². The molecule has 0 amide bonds. The molecule has 4 heterocycles. The topological polar surface area (TPSA) is 91.9 Å². The van der Waals surface area contributed by atoms with Gasteiger partial charge in [0.2, 0.25) is 0 Å². The summed E-state index contributed by atoms with van der Waals surface area (Å²) in [6, 6.07) is 8.33. The highest BCUT2D eigenvalue weighted by Crippen LogP contribution is 2.39. The molecule has 1 saturated heterocycles. The molecule has 0 unspecified atom stereocenters. The van der Waals surface area contributed by atoms with E-state index in [4.69, 9.17) is 19.4 Å². The van der Waals surface area contributed by atoms with Gasteiger partial charge in [0, 0.05) is 54.9 Å². The van der Waals surface area contributed by atoms with Crippen LogP contribution in [0.1, 0.15) is 33.1 Å². The summed E-state index contributed by atoms with van der Waals surface area (Å²) in [5, 5.41) is 12.4. The van der Waals surface area contributed by atoms with Crippen LogP contribution in [0, 0.1) is 0 Å². The lowest BCUT2D eigenvalue weighted by Gasteiger charge is -2.32. The highest BCUT2D eigenvalue weighted by Gasteiger charge is 2.47. The average Bonchev–Trinajstić information content (AvgIpc) is 3.57. The van der Waals surface area contributed by atoms with E-state index in [9.17, 15) is 0 Å². The molecule has 0 spiro atoms. The van der Waals surface area contributed by atoms with Gasteiger partial charge in [-0.2, -0.15) is 10.2 Å². The Morgan fingerprint density at radius 2 is 1.67 bits per heavy atom. The van der Waals surface area contributed by atoms with Crippen LogP contribution in [-0.4, -0.2) is 53.6 Å². The van der Waals surface area contributed by atoms with E-state index in [1.54, 1.807) is 9.36 Å². The number of benzene rings is 1. The molecule has 1 aliphatic carbocycles. The number of fused-ring (bicyclic) bond motifs is 1. The lowest BCUT2D eigenvalue weighted by Crippen LogP contribution is -2.44. The van der Waals surface area contributed by atoms with Gasteiger partial charge in [0.15, 0.2) is 11.6 Å². The monoisotopic (exact) mass is 485 g/mol. The molecule has 186 valence electrons. The lowest BCUT2D eigenvalue weighted by molar-refractivity contribution is -0.146. The first-order valence-electron chi connectivity index (χ1n) is 12.4. The second-order valence-corrected chi connectivity index (χ2v) is 10.2. The van der Waals surface area contributed by atoms with E-state index in [-0.39, 0.29) is 18.2 Å². The fraction of sp³-hybridized carbons (Fsp3) is 0.407.